The summed E-state index contributed by atoms with van der Waals surface area (Å²) in [7, 11) is 0. The normalized spacial score (nSPS) is 42.2. The third-order valence-corrected chi connectivity index (χ3v) is 8.43. The van der Waals surface area contributed by atoms with Crippen LogP contribution in [0.2, 0.25) is 0 Å². The van der Waals surface area contributed by atoms with Crippen LogP contribution in [0.4, 0.5) is 0 Å². The summed E-state index contributed by atoms with van der Waals surface area (Å²) in [6.45, 7) is 8.83. The summed E-state index contributed by atoms with van der Waals surface area (Å²) in [6.07, 6.45) is 14.5. The fourth-order valence-corrected chi connectivity index (χ4v) is 7.19. The van der Waals surface area contributed by atoms with Crippen LogP contribution in [0.5, 0.6) is 0 Å². The minimum Gasteiger partial charge on any atom is -0.347 e. The molecule has 25 heavy (non-hydrogen) atoms. The molecule has 1 aliphatic heterocycles. The predicted molar refractivity (Wildman–Crippen MR) is 102 cm³/mol. The zero-order valence-electron chi connectivity index (χ0n) is 16.1. The summed E-state index contributed by atoms with van der Waals surface area (Å²) in [5.41, 5.74) is 4.10. The number of fused-ring (bicyclic) bond motifs is 3. The molecule has 1 spiro atoms. The second-order valence-electron chi connectivity index (χ2n) is 9.54. The summed E-state index contributed by atoms with van der Waals surface area (Å²) < 4.78 is 12.5. The van der Waals surface area contributed by atoms with Crippen LogP contribution >= 0.6 is 11.6 Å². The highest BCUT2D eigenvalue weighted by molar-refractivity contribution is 6.25. The Labute approximate surface area is 158 Å². The molecule has 2 nitrogen and oxygen atoms in total. The zero-order valence-corrected chi connectivity index (χ0v) is 16.8. The quantitative estimate of drug-likeness (QED) is 0.542. The topological polar surface area (TPSA) is 18.5 Å². The van der Waals surface area contributed by atoms with E-state index in [1.54, 1.807) is 11.1 Å². The Morgan fingerprint density at radius 1 is 1.12 bits per heavy atom. The van der Waals surface area contributed by atoms with Gasteiger partial charge in [-0.3, -0.25) is 0 Å². The highest BCUT2D eigenvalue weighted by atomic mass is 35.5. The van der Waals surface area contributed by atoms with Crippen molar-refractivity contribution in [1.82, 2.24) is 0 Å². The summed E-state index contributed by atoms with van der Waals surface area (Å²) >= 11 is 5.91. The van der Waals surface area contributed by atoms with Crippen molar-refractivity contribution < 1.29 is 9.47 Å². The molecule has 0 aromatic rings. The van der Waals surface area contributed by atoms with E-state index in [2.05, 4.69) is 32.9 Å². The summed E-state index contributed by atoms with van der Waals surface area (Å²) in [5.74, 6) is 0.256. The SMILES string of the molecule is CC1(C)[C@@H]2CC[C@@]3(CC=CCl)CCCC=C3[C@@]2(C)CCC12OCCO2. The van der Waals surface area contributed by atoms with Gasteiger partial charge in [-0.25, -0.2) is 0 Å². The first-order valence-corrected chi connectivity index (χ1v) is 10.6. The van der Waals surface area contributed by atoms with Crippen LogP contribution in [-0.4, -0.2) is 19.0 Å². The van der Waals surface area contributed by atoms with E-state index < -0.39 is 0 Å². The van der Waals surface area contributed by atoms with Gasteiger partial charge >= 0.3 is 0 Å². The lowest BCUT2D eigenvalue weighted by molar-refractivity contribution is -0.285. The maximum Gasteiger partial charge on any atom is 0.173 e. The molecule has 1 saturated heterocycles. The lowest BCUT2D eigenvalue weighted by atomic mass is 9.42. The summed E-state index contributed by atoms with van der Waals surface area (Å²) in [4.78, 5) is 0. The van der Waals surface area contributed by atoms with Gasteiger partial charge in [-0.1, -0.05) is 50.1 Å². The number of hydrogen-bond acceptors (Lipinski definition) is 2. The van der Waals surface area contributed by atoms with Crippen LogP contribution in [0.3, 0.4) is 0 Å². The number of halogens is 1. The maximum absolute atomic E-state index is 6.25. The van der Waals surface area contributed by atoms with E-state index in [1.165, 1.54) is 38.5 Å². The van der Waals surface area contributed by atoms with Gasteiger partial charge in [-0.2, -0.15) is 0 Å². The average molecular weight is 365 g/mol. The Balaban J connectivity index is 1.73. The molecule has 0 radical (unpaired) electrons. The van der Waals surface area contributed by atoms with E-state index in [-0.39, 0.29) is 16.6 Å². The molecule has 0 N–H and O–H groups in total. The first-order valence-electron chi connectivity index (χ1n) is 10.1. The molecule has 4 rings (SSSR count). The third-order valence-electron chi connectivity index (χ3n) is 8.25. The van der Waals surface area contributed by atoms with Gasteiger partial charge in [0.25, 0.3) is 0 Å². The molecule has 0 amide bonds. The van der Waals surface area contributed by atoms with Crippen LogP contribution in [0.1, 0.15) is 72.1 Å². The van der Waals surface area contributed by atoms with Crippen LogP contribution in [0, 0.1) is 22.2 Å². The van der Waals surface area contributed by atoms with Crippen LogP contribution in [0.15, 0.2) is 23.3 Å². The molecule has 4 aliphatic rings. The Morgan fingerprint density at radius 2 is 1.88 bits per heavy atom. The number of hydrogen-bond donors (Lipinski definition) is 0. The van der Waals surface area contributed by atoms with Gasteiger partial charge in [0.05, 0.1) is 13.2 Å². The Morgan fingerprint density at radius 3 is 2.60 bits per heavy atom. The van der Waals surface area contributed by atoms with E-state index in [0.29, 0.717) is 11.3 Å². The molecule has 1 heterocycles. The van der Waals surface area contributed by atoms with Gasteiger partial charge in [-0.15, -0.1) is 0 Å². The largest absolute Gasteiger partial charge is 0.347 e. The van der Waals surface area contributed by atoms with Gasteiger partial charge in [0.2, 0.25) is 0 Å². The van der Waals surface area contributed by atoms with Crippen molar-refractivity contribution in [2.45, 2.75) is 77.9 Å². The zero-order chi connectivity index (χ0) is 17.8. The van der Waals surface area contributed by atoms with Crippen molar-refractivity contribution in [3.05, 3.63) is 23.3 Å². The van der Waals surface area contributed by atoms with E-state index in [1.807, 2.05) is 0 Å². The highest BCUT2D eigenvalue weighted by Crippen LogP contribution is 2.69. The number of rotatable bonds is 2. The summed E-state index contributed by atoms with van der Waals surface area (Å²) in [6, 6.07) is 0. The molecule has 0 aromatic carbocycles. The van der Waals surface area contributed by atoms with Gasteiger partial charge in [0.1, 0.15) is 0 Å². The maximum atomic E-state index is 6.25. The van der Waals surface area contributed by atoms with E-state index in [0.717, 1.165) is 26.1 Å². The highest BCUT2D eigenvalue weighted by Gasteiger charge is 2.65. The third kappa shape index (κ3) is 2.43. The second-order valence-corrected chi connectivity index (χ2v) is 9.79. The van der Waals surface area contributed by atoms with Crippen LogP contribution < -0.4 is 0 Å². The van der Waals surface area contributed by atoms with Gasteiger partial charge in [0.15, 0.2) is 5.79 Å². The molecule has 3 heteroatoms. The lowest BCUT2D eigenvalue weighted by Gasteiger charge is -2.64. The molecular formula is C22H33ClO2. The van der Waals surface area contributed by atoms with Gasteiger partial charge < -0.3 is 9.47 Å². The van der Waals surface area contributed by atoms with E-state index in [4.69, 9.17) is 21.1 Å². The van der Waals surface area contributed by atoms with Crippen molar-refractivity contribution in [3.63, 3.8) is 0 Å². The Hall–Kier alpha value is -0.310. The standard InChI is InChI=1S/C22H33ClO2/c1-19(2)17-8-11-21(10-6-14-23)9-5-4-7-18(21)20(17,3)12-13-22(19)24-15-16-25-22/h6-7,14,17H,4-5,8-13,15-16H2,1-3H3/t17-,20-,21-/m0/s1. The van der Waals surface area contributed by atoms with Crippen molar-refractivity contribution >= 4 is 11.6 Å². The van der Waals surface area contributed by atoms with E-state index in [9.17, 15) is 0 Å². The van der Waals surface area contributed by atoms with Crippen molar-refractivity contribution in [3.8, 4) is 0 Å². The average Bonchev–Trinajstić information content (AvgIpc) is 3.08. The first kappa shape index (κ1) is 18.1. The monoisotopic (exact) mass is 364 g/mol. The van der Waals surface area contributed by atoms with Crippen molar-refractivity contribution in [2.75, 3.05) is 13.2 Å². The Bertz CT molecular complexity index is 587. The predicted octanol–water partition coefficient (Wildman–Crippen LogP) is 6.21. The smallest absolute Gasteiger partial charge is 0.173 e. The van der Waals surface area contributed by atoms with Gasteiger partial charge in [0, 0.05) is 17.4 Å². The van der Waals surface area contributed by atoms with E-state index >= 15 is 0 Å². The fourth-order valence-electron chi connectivity index (χ4n) is 7.10. The minimum atomic E-state index is -0.359. The molecule has 0 aromatic heterocycles. The number of ether oxygens (including phenoxy) is 2. The minimum absolute atomic E-state index is 0.0449. The molecular weight excluding hydrogens is 332 g/mol. The molecule has 0 bridgehead atoms. The molecule has 3 fully saturated rings. The van der Waals surface area contributed by atoms with Crippen molar-refractivity contribution in [2.24, 2.45) is 22.2 Å². The van der Waals surface area contributed by atoms with Crippen LogP contribution in [-0.2, 0) is 9.47 Å². The molecule has 3 atom stereocenters. The fraction of sp³-hybridized carbons (Fsp3) is 0.818. The molecule has 2 saturated carbocycles. The second kappa shape index (κ2) is 6.11. The Kier molecular flexibility index (Phi) is 4.41. The number of allylic oxidation sites excluding steroid dienone is 3. The molecule has 0 unspecified atom stereocenters. The first-order chi connectivity index (χ1) is 11.9. The summed E-state index contributed by atoms with van der Waals surface area (Å²) in [5, 5.41) is 0. The van der Waals surface area contributed by atoms with Crippen molar-refractivity contribution in [1.29, 1.82) is 0 Å². The molecule has 140 valence electrons. The van der Waals surface area contributed by atoms with Crippen LogP contribution in [0.25, 0.3) is 0 Å². The van der Waals surface area contributed by atoms with Gasteiger partial charge in [-0.05, 0) is 61.7 Å². The lowest BCUT2D eigenvalue weighted by Crippen LogP contribution is -2.62. The molecule has 3 aliphatic carbocycles.